The minimum atomic E-state index is 0.167. The van der Waals surface area contributed by atoms with E-state index in [2.05, 4.69) is 143 Å². The van der Waals surface area contributed by atoms with Crippen molar-refractivity contribution in [2.75, 3.05) is 0 Å². The predicted molar refractivity (Wildman–Crippen MR) is 210 cm³/mol. The molecule has 2 N–H and O–H groups in total. The van der Waals surface area contributed by atoms with Crippen molar-refractivity contribution < 1.29 is 0 Å². The fourth-order valence-corrected chi connectivity index (χ4v) is 10.8. The van der Waals surface area contributed by atoms with Crippen LogP contribution >= 0.6 is 11.3 Å². The van der Waals surface area contributed by atoms with Crippen molar-refractivity contribution in [3.8, 4) is 0 Å². The number of benzene rings is 2. The van der Waals surface area contributed by atoms with E-state index in [1.165, 1.54) is 73.3 Å². The number of fused-ring (bicyclic) bond motifs is 5. The third-order valence-electron chi connectivity index (χ3n) is 12.0. The Kier molecular flexibility index (Phi) is 7.76. The zero-order chi connectivity index (χ0) is 33.0. The van der Waals surface area contributed by atoms with Crippen LogP contribution in [-0.2, 0) is 6.42 Å². The molecule has 1 aromatic heterocycles. The molecule has 6 atom stereocenters. The van der Waals surface area contributed by atoms with Crippen LogP contribution in [0.1, 0.15) is 66.5 Å². The molecule has 5 aliphatic carbocycles. The van der Waals surface area contributed by atoms with E-state index in [9.17, 15) is 0 Å². The van der Waals surface area contributed by atoms with Gasteiger partial charge in [-0.3, -0.25) is 5.32 Å². The second kappa shape index (κ2) is 12.7. The topological polar surface area (TPSA) is 27.3 Å². The quantitative estimate of drug-likeness (QED) is 0.265. The van der Waals surface area contributed by atoms with Gasteiger partial charge >= 0.3 is 0 Å². The van der Waals surface area contributed by atoms with Gasteiger partial charge in [-0.15, -0.1) is 11.3 Å². The summed E-state index contributed by atoms with van der Waals surface area (Å²) in [6.07, 6.45) is 40.7. The number of allylic oxidation sites excluding steroid dienone is 7. The maximum atomic E-state index is 4.04. The molecular formula is C46H45N3S. The fraction of sp³-hybridized carbons (Fsp3) is 0.304. The van der Waals surface area contributed by atoms with Gasteiger partial charge in [-0.05, 0) is 91.4 Å². The van der Waals surface area contributed by atoms with Crippen molar-refractivity contribution in [3.63, 3.8) is 0 Å². The van der Waals surface area contributed by atoms with Crippen LogP contribution in [0.15, 0.2) is 144 Å². The summed E-state index contributed by atoms with van der Waals surface area (Å²) in [6, 6.07) is 19.3. The standard InChI is InChI=1S/C46H45N3S/c1-2-11-33(12-3-1)46-47-39(31-23-21-30(22-24-31)35-16-10-20-44-45(35)38-15-6-9-19-43(38)50-44)29-40(48-46)32-25-27-34(28-26-32)49-41-17-7-4-13-36(41)37-14-5-8-18-42(37)49/h2,4-7,9,11,13-17,19,21-27,29,33-34,36,40-41,46-48H,1,3,8,10,12,18,20,28H2. The molecule has 3 nitrogen and oxygen atoms in total. The van der Waals surface area contributed by atoms with Crippen molar-refractivity contribution in [2.24, 2.45) is 11.8 Å². The minimum Gasteiger partial charge on any atom is -0.369 e. The van der Waals surface area contributed by atoms with Gasteiger partial charge in [0.2, 0.25) is 0 Å². The third-order valence-corrected chi connectivity index (χ3v) is 13.2. The van der Waals surface area contributed by atoms with Crippen molar-refractivity contribution in [2.45, 2.75) is 75.7 Å². The molecule has 50 heavy (non-hydrogen) atoms. The number of hydrogen-bond acceptors (Lipinski definition) is 4. The summed E-state index contributed by atoms with van der Waals surface area (Å²) in [5.41, 5.74) is 11.2. The summed E-state index contributed by atoms with van der Waals surface area (Å²) in [4.78, 5) is 4.27. The Bertz CT molecular complexity index is 2110. The molecule has 0 radical (unpaired) electrons. The Morgan fingerprint density at radius 3 is 2.58 bits per heavy atom. The van der Waals surface area contributed by atoms with E-state index in [0.29, 0.717) is 23.9 Å². The van der Waals surface area contributed by atoms with Crippen LogP contribution in [0.5, 0.6) is 0 Å². The molecule has 7 aliphatic rings. The number of nitrogens with one attached hydrogen (secondary N) is 2. The van der Waals surface area contributed by atoms with Crippen LogP contribution in [-0.4, -0.2) is 29.2 Å². The van der Waals surface area contributed by atoms with Crippen molar-refractivity contribution in [1.82, 2.24) is 15.5 Å². The first-order valence-corrected chi connectivity index (χ1v) is 19.7. The van der Waals surface area contributed by atoms with Gasteiger partial charge in [-0.1, -0.05) is 115 Å². The summed E-state index contributed by atoms with van der Waals surface area (Å²) in [6.45, 7) is 0. The average molecular weight is 672 g/mol. The maximum absolute atomic E-state index is 4.04. The van der Waals surface area contributed by atoms with Crippen LogP contribution in [0.4, 0.5) is 0 Å². The molecule has 250 valence electrons. The molecule has 10 rings (SSSR count). The van der Waals surface area contributed by atoms with E-state index in [1.54, 1.807) is 5.70 Å². The molecule has 0 fully saturated rings. The Morgan fingerprint density at radius 1 is 0.800 bits per heavy atom. The van der Waals surface area contributed by atoms with Gasteiger partial charge in [0.25, 0.3) is 0 Å². The summed E-state index contributed by atoms with van der Waals surface area (Å²) in [7, 11) is 0. The van der Waals surface area contributed by atoms with Crippen molar-refractivity contribution in [1.29, 1.82) is 0 Å². The van der Waals surface area contributed by atoms with Crippen LogP contribution in [0.2, 0.25) is 0 Å². The van der Waals surface area contributed by atoms with Gasteiger partial charge in [0.1, 0.15) is 0 Å². The highest BCUT2D eigenvalue weighted by molar-refractivity contribution is 7.19. The zero-order valence-electron chi connectivity index (χ0n) is 28.6. The maximum Gasteiger partial charge on any atom is 0.0839 e. The molecular weight excluding hydrogens is 627 g/mol. The Hall–Kier alpha value is -4.38. The lowest BCUT2D eigenvalue weighted by molar-refractivity contribution is 0.243. The van der Waals surface area contributed by atoms with Crippen molar-refractivity contribution >= 4 is 32.7 Å². The van der Waals surface area contributed by atoms with E-state index in [4.69, 9.17) is 0 Å². The lowest BCUT2D eigenvalue weighted by Gasteiger charge is -2.40. The molecule has 0 saturated carbocycles. The second-order valence-corrected chi connectivity index (χ2v) is 16.0. The molecule has 3 heterocycles. The minimum absolute atomic E-state index is 0.167. The average Bonchev–Trinajstić information content (AvgIpc) is 3.74. The largest absolute Gasteiger partial charge is 0.369 e. The molecule has 3 aromatic rings. The Balaban J connectivity index is 0.934. The van der Waals surface area contributed by atoms with Crippen LogP contribution in [0.25, 0.3) is 21.4 Å². The highest BCUT2D eigenvalue weighted by atomic mass is 32.1. The number of nitrogens with zero attached hydrogens (tertiary/aromatic N) is 1. The van der Waals surface area contributed by atoms with Crippen LogP contribution < -0.4 is 10.6 Å². The summed E-state index contributed by atoms with van der Waals surface area (Å²) < 4.78 is 1.40. The van der Waals surface area contributed by atoms with Crippen LogP contribution in [0, 0.1) is 11.8 Å². The summed E-state index contributed by atoms with van der Waals surface area (Å²) in [5, 5.41) is 9.40. The number of thiophene rings is 1. The molecule has 6 unspecified atom stereocenters. The lowest BCUT2D eigenvalue weighted by atomic mass is 9.87. The normalized spacial score (nSPS) is 29.7. The lowest BCUT2D eigenvalue weighted by Crippen LogP contribution is -2.54. The fourth-order valence-electron chi connectivity index (χ4n) is 9.56. The summed E-state index contributed by atoms with van der Waals surface area (Å²) in [5.74, 6) is 0.962. The Labute approximate surface area is 300 Å². The highest BCUT2D eigenvalue weighted by Gasteiger charge is 2.41. The predicted octanol–water partition coefficient (Wildman–Crippen LogP) is 10.1. The first kappa shape index (κ1) is 30.4. The second-order valence-electron chi connectivity index (χ2n) is 14.9. The molecule has 0 bridgehead atoms. The van der Waals surface area contributed by atoms with Gasteiger partial charge in [0.15, 0.2) is 0 Å². The number of rotatable bonds is 5. The van der Waals surface area contributed by atoms with Crippen molar-refractivity contribution in [3.05, 3.63) is 166 Å². The van der Waals surface area contributed by atoms with E-state index < -0.39 is 0 Å². The van der Waals surface area contributed by atoms with E-state index in [1.807, 2.05) is 11.3 Å². The molecule has 4 heteroatoms. The van der Waals surface area contributed by atoms with Gasteiger partial charge in [0, 0.05) is 43.8 Å². The summed E-state index contributed by atoms with van der Waals surface area (Å²) >= 11 is 1.97. The molecule has 0 saturated heterocycles. The first-order valence-electron chi connectivity index (χ1n) is 18.9. The van der Waals surface area contributed by atoms with Gasteiger partial charge in [-0.25, -0.2) is 0 Å². The van der Waals surface area contributed by atoms with E-state index in [-0.39, 0.29) is 12.2 Å². The molecule has 2 aromatic carbocycles. The first-order chi connectivity index (χ1) is 24.8. The molecule has 0 amide bonds. The third kappa shape index (κ3) is 5.27. The zero-order valence-corrected chi connectivity index (χ0v) is 29.4. The molecule has 0 spiro atoms. The number of aryl methyl sites for hydroxylation is 1. The SMILES string of the molecule is C1=CC2C3=C(CCC=C3)N(C3C=CC(C4C=C(c5ccc(C6=CCCc7sc8ccccc8c76)cc5)NC(C5C=CCCC5)N4)=CC3)C2C=C1. The van der Waals surface area contributed by atoms with Gasteiger partial charge < -0.3 is 10.2 Å². The van der Waals surface area contributed by atoms with Gasteiger partial charge in [-0.2, -0.15) is 0 Å². The van der Waals surface area contributed by atoms with Crippen LogP contribution in [0.3, 0.4) is 0 Å². The number of hydrogen-bond donors (Lipinski definition) is 2. The monoisotopic (exact) mass is 671 g/mol. The van der Waals surface area contributed by atoms with E-state index >= 15 is 0 Å². The molecule has 2 aliphatic heterocycles. The smallest absolute Gasteiger partial charge is 0.0839 e. The van der Waals surface area contributed by atoms with E-state index in [0.717, 1.165) is 32.1 Å². The Morgan fingerprint density at radius 2 is 1.70 bits per heavy atom. The highest BCUT2D eigenvalue weighted by Crippen LogP contribution is 2.45. The van der Waals surface area contributed by atoms with Gasteiger partial charge in [0.05, 0.1) is 24.3 Å².